The Kier molecular flexibility index (Phi) is 4.06. The minimum Gasteiger partial charge on any atom is -0.477 e. The minimum atomic E-state index is -0.933. The Bertz CT molecular complexity index is 369. The number of aromatic nitrogens is 2. The molecule has 0 saturated heterocycles. The molecular formula is C11H19N3O2. The van der Waals surface area contributed by atoms with Gasteiger partial charge in [0.1, 0.15) is 5.69 Å². The van der Waals surface area contributed by atoms with Gasteiger partial charge in [-0.1, -0.05) is 13.8 Å². The standard InChI is InChI=1S/C11H19N3O2/c1-7(2)12-6-9-5-10(11(15)16)14(13-9)8(3)4/h5,7-8,12H,6H2,1-4H3,(H,15,16). The highest BCUT2D eigenvalue weighted by molar-refractivity contribution is 5.85. The summed E-state index contributed by atoms with van der Waals surface area (Å²) in [7, 11) is 0. The summed E-state index contributed by atoms with van der Waals surface area (Å²) in [6, 6.07) is 2.04. The molecule has 2 N–H and O–H groups in total. The molecule has 5 nitrogen and oxygen atoms in total. The maximum Gasteiger partial charge on any atom is 0.354 e. The first-order valence-electron chi connectivity index (χ1n) is 5.47. The minimum absolute atomic E-state index is 0.0545. The highest BCUT2D eigenvalue weighted by atomic mass is 16.4. The average molecular weight is 225 g/mol. The van der Waals surface area contributed by atoms with E-state index in [-0.39, 0.29) is 11.7 Å². The number of aromatic carboxylic acids is 1. The average Bonchev–Trinajstić information content (AvgIpc) is 2.58. The lowest BCUT2D eigenvalue weighted by molar-refractivity contribution is 0.0681. The van der Waals surface area contributed by atoms with Gasteiger partial charge in [-0.15, -0.1) is 0 Å². The van der Waals surface area contributed by atoms with E-state index in [1.807, 2.05) is 27.7 Å². The zero-order chi connectivity index (χ0) is 12.3. The molecule has 0 aromatic carbocycles. The number of carboxylic acid groups (broad SMARTS) is 1. The molecule has 1 heterocycles. The number of carboxylic acids is 1. The summed E-state index contributed by atoms with van der Waals surface area (Å²) in [5, 5.41) is 16.5. The van der Waals surface area contributed by atoms with Crippen LogP contribution in [0, 0.1) is 0 Å². The summed E-state index contributed by atoms with van der Waals surface area (Å²) >= 11 is 0. The summed E-state index contributed by atoms with van der Waals surface area (Å²) in [5.41, 5.74) is 1.01. The molecule has 0 aliphatic carbocycles. The summed E-state index contributed by atoms with van der Waals surface area (Å²) in [4.78, 5) is 11.0. The van der Waals surface area contributed by atoms with Crippen molar-refractivity contribution in [1.82, 2.24) is 15.1 Å². The molecule has 0 spiro atoms. The maximum atomic E-state index is 11.0. The lowest BCUT2D eigenvalue weighted by Gasteiger charge is -2.08. The Balaban J connectivity index is 2.88. The van der Waals surface area contributed by atoms with E-state index in [1.165, 1.54) is 0 Å². The fourth-order valence-corrected chi connectivity index (χ4v) is 1.39. The van der Waals surface area contributed by atoms with E-state index in [9.17, 15) is 4.79 Å². The van der Waals surface area contributed by atoms with Crippen molar-refractivity contribution in [3.63, 3.8) is 0 Å². The smallest absolute Gasteiger partial charge is 0.354 e. The van der Waals surface area contributed by atoms with Crippen molar-refractivity contribution >= 4 is 5.97 Å². The first-order chi connectivity index (χ1) is 7.41. The lowest BCUT2D eigenvalue weighted by Crippen LogP contribution is -2.22. The molecule has 16 heavy (non-hydrogen) atoms. The van der Waals surface area contributed by atoms with Crippen LogP contribution < -0.4 is 5.32 Å². The van der Waals surface area contributed by atoms with Crippen molar-refractivity contribution < 1.29 is 9.90 Å². The summed E-state index contributed by atoms with van der Waals surface area (Å²) in [6.45, 7) is 8.50. The third kappa shape index (κ3) is 3.06. The van der Waals surface area contributed by atoms with Crippen molar-refractivity contribution in [3.8, 4) is 0 Å². The van der Waals surface area contributed by atoms with E-state index < -0.39 is 5.97 Å². The molecule has 0 radical (unpaired) electrons. The van der Waals surface area contributed by atoms with E-state index in [0.717, 1.165) is 5.69 Å². The molecule has 0 atom stereocenters. The Morgan fingerprint density at radius 2 is 2.12 bits per heavy atom. The second kappa shape index (κ2) is 5.12. The molecule has 1 aromatic heterocycles. The third-order valence-electron chi connectivity index (χ3n) is 2.19. The van der Waals surface area contributed by atoms with Gasteiger partial charge in [-0.05, 0) is 19.9 Å². The molecule has 0 aliphatic heterocycles. The van der Waals surface area contributed by atoms with E-state index in [0.29, 0.717) is 12.6 Å². The summed E-state index contributed by atoms with van der Waals surface area (Å²) in [6.07, 6.45) is 0. The number of hydrogen-bond acceptors (Lipinski definition) is 3. The zero-order valence-corrected chi connectivity index (χ0v) is 10.2. The van der Waals surface area contributed by atoms with E-state index in [1.54, 1.807) is 10.7 Å². The quantitative estimate of drug-likeness (QED) is 0.799. The number of nitrogens with one attached hydrogen (secondary N) is 1. The van der Waals surface area contributed by atoms with E-state index in [2.05, 4.69) is 10.4 Å². The second-order valence-corrected chi connectivity index (χ2v) is 4.40. The highest BCUT2D eigenvalue weighted by Gasteiger charge is 2.15. The van der Waals surface area contributed by atoms with Crippen LogP contribution in [0.1, 0.15) is 49.9 Å². The van der Waals surface area contributed by atoms with Gasteiger partial charge in [0.25, 0.3) is 0 Å². The summed E-state index contributed by atoms with van der Waals surface area (Å²) in [5.74, 6) is -0.933. The van der Waals surface area contributed by atoms with Crippen LogP contribution >= 0.6 is 0 Å². The van der Waals surface area contributed by atoms with Gasteiger partial charge < -0.3 is 10.4 Å². The van der Waals surface area contributed by atoms with Gasteiger partial charge in [0.2, 0.25) is 0 Å². The van der Waals surface area contributed by atoms with Gasteiger partial charge in [0.15, 0.2) is 0 Å². The predicted octanol–water partition coefficient (Wildman–Crippen LogP) is 1.66. The molecule has 90 valence electrons. The Morgan fingerprint density at radius 3 is 2.50 bits per heavy atom. The van der Waals surface area contributed by atoms with Crippen molar-refractivity contribution in [1.29, 1.82) is 0 Å². The molecule has 0 fully saturated rings. The lowest BCUT2D eigenvalue weighted by atomic mass is 10.3. The topological polar surface area (TPSA) is 67.2 Å². The molecule has 0 saturated carbocycles. The largest absolute Gasteiger partial charge is 0.477 e. The molecule has 5 heteroatoms. The van der Waals surface area contributed by atoms with Crippen LogP contribution in [-0.2, 0) is 6.54 Å². The van der Waals surface area contributed by atoms with Crippen LogP contribution in [0.2, 0.25) is 0 Å². The van der Waals surface area contributed by atoms with Gasteiger partial charge in [0.05, 0.1) is 5.69 Å². The molecular weight excluding hydrogens is 206 g/mol. The van der Waals surface area contributed by atoms with Gasteiger partial charge >= 0.3 is 5.97 Å². The maximum absolute atomic E-state index is 11.0. The van der Waals surface area contributed by atoms with Crippen LogP contribution in [0.3, 0.4) is 0 Å². The number of rotatable bonds is 5. The fourth-order valence-electron chi connectivity index (χ4n) is 1.39. The van der Waals surface area contributed by atoms with Crippen LogP contribution in [0.15, 0.2) is 6.07 Å². The molecule has 0 unspecified atom stereocenters. The third-order valence-corrected chi connectivity index (χ3v) is 2.19. The first-order valence-corrected chi connectivity index (χ1v) is 5.47. The SMILES string of the molecule is CC(C)NCc1cc(C(=O)O)n(C(C)C)n1. The van der Waals surface area contributed by atoms with E-state index in [4.69, 9.17) is 5.11 Å². The van der Waals surface area contributed by atoms with Crippen LogP contribution in [-0.4, -0.2) is 26.9 Å². The number of carbonyl (C=O) groups is 1. The van der Waals surface area contributed by atoms with Crippen molar-refractivity contribution in [2.45, 2.75) is 46.3 Å². The first kappa shape index (κ1) is 12.7. The van der Waals surface area contributed by atoms with Gasteiger partial charge in [-0.25, -0.2) is 4.79 Å². The van der Waals surface area contributed by atoms with Crippen LogP contribution in [0.4, 0.5) is 0 Å². The van der Waals surface area contributed by atoms with Gasteiger partial charge in [0, 0.05) is 18.6 Å². The van der Waals surface area contributed by atoms with Crippen molar-refractivity contribution in [3.05, 3.63) is 17.5 Å². The molecule has 0 amide bonds. The van der Waals surface area contributed by atoms with Crippen LogP contribution in [0.5, 0.6) is 0 Å². The monoisotopic (exact) mass is 225 g/mol. The number of nitrogens with zero attached hydrogens (tertiary/aromatic N) is 2. The fraction of sp³-hybridized carbons (Fsp3) is 0.636. The Labute approximate surface area is 95.5 Å². The number of hydrogen-bond donors (Lipinski definition) is 2. The molecule has 1 aromatic rings. The molecule has 1 rings (SSSR count). The summed E-state index contributed by atoms with van der Waals surface area (Å²) < 4.78 is 1.54. The second-order valence-electron chi connectivity index (χ2n) is 4.40. The van der Waals surface area contributed by atoms with E-state index >= 15 is 0 Å². The van der Waals surface area contributed by atoms with Gasteiger partial charge in [-0.2, -0.15) is 5.10 Å². The zero-order valence-electron chi connectivity index (χ0n) is 10.2. The molecule has 0 bridgehead atoms. The highest BCUT2D eigenvalue weighted by Crippen LogP contribution is 2.11. The van der Waals surface area contributed by atoms with Crippen molar-refractivity contribution in [2.24, 2.45) is 0 Å². The van der Waals surface area contributed by atoms with Gasteiger partial charge in [-0.3, -0.25) is 4.68 Å². The van der Waals surface area contributed by atoms with Crippen molar-refractivity contribution in [2.75, 3.05) is 0 Å². The normalized spacial score (nSPS) is 11.4. The Hall–Kier alpha value is -1.36. The predicted molar refractivity (Wildman–Crippen MR) is 61.5 cm³/mol. The van der Waals surface area contributed by atoms with Crippen LogP contribution in [0.25, 0.3) is 0 Å². The molecule has 0 aliphatic rings. The Morgan fingerprint density at radius 1 is 1.50 bits per heavy atom.